The molecule has 0 atom stereocenters. The van der Waals surface area contributed by atoms with Gasteiger partial charge in [0.2, 0.25) is 0 Å². The summed E-state index contributed by atoms with van der Waals surface area (Å²) >= 11 is 0. The predicted octanol–water partition coefficient (Wildman–Crippen LogP) is 1.42. The predicted molar refractivity (Wildman–Crippen MR) is 54.5 cm³/mol. The first-order chi connectivity index (χ1) is 6.86. The molecule has 0 heterocycles. The Balaban J connectivity index is 2.39. The molecule has 1 aromatic carbocycles. The van der Waals surface area contributed by atoms with Crippen LogP contribution in [0.25, 0.3) is 0 Å². The summed E-state index contributed by atoms with van der Waals surface area (Å²) < 4.78 is 5.37. The van der Waals surface area contributed by atoms with Gasteiger partial charge in [-0.05, 0) is 30.7 Å². The summed E-state index contributed by atoms with van der Waals surface area (Å²) in [6.07, 6.45) is 0.873. The summed E-state index contributed by atoms with van der Waals surface area (Å²) in [5.74, 6) is 0. The van der Waals surface area contributed by atoms with Gasteiger partial charge in [-0.1, -0.05) is 12.1 Å². The van der Waals surface area contributed by atoms with E-state index in [4.69, 9.17) is 15.7 Å². The van der Waals surface area contributed by atoms with Crippen LogP contribution in [0.1, 0.15) is 17.5 Å². The van der Waals surface area contributed by atoms with Gasteiger partial charge in [-0.2, -0.15) is 5.26 Å². The van der Waals surface area contributed by atoms with Gasteiger partial charge in [0.05, 0.1) is 18.2 Å². The molecule has 0 saturated carbocycles. The molecule has 2 N–H and O–H groups in total. The zero-order chi connectivity index (χ0) is 10.2. The molecule has 0 aromatic heterocycles. The third-order valence-corrected chi connectivity index (χ3v) is 1.82. The quantitative estimate of drug-likeness (QED) is 0.714. The van der Waals surface area contributed by atoms with Crippen LogP contribution in [0.15, 0.2) is 24.3 Å². The molecule has 0 aliphatic rings. The number of nitrogens with zero attached hydrogens (tertiary/aromatic N) is 1. The highest BCUT2D eigenvalue weighted by Gasteiger charge is 1.94. The number of benzene rings is 1. The fraction of sp³-hybridized carbons (Fsp3) is 0.364. The van der Waals surface area contributed by atoms with Crippen molar-refractivity contribution < 1.29 is 4.74 Å². The lowest BCUT2D eigenvalue weighted by Crippen LogP contribution is -2.04. The molecule has 0 spiro atoms. The minimum absolute atomic E-state index is 0.551. The monoisotopic (exact) mass is 190 g/mol. The van der Waals surface area contributed by atoms with Crippen LogP contribution in [-0.4, -0.2) is 13.2 Å². The molecule has 1 aromatic rings. The Labute approximate surface area is 84.1 Å². The Hall–Kier alpha value is -1.37. The molecule has 0 saturated heterocycles. The van der Waals surface area contributed by atoms with Crippen LogP contribution >= 0.6 is 0 Å². The van der Waals surface area contributed by atoms with Crippen molar-refractivity contribution in [1.82, 2.24) is 0 Å². The highest BCUT2D eigenvalue weighted by atomic mass is 16.5. The van der Waals surface area contributed by atoms with Crippen LogP contribution in [0.5, 0.6) is 0 Å². The van der Waals surface area contributed by atoms with Gasteiger partial charge in [0.1, 0.15) is 0 Å². The van der Waals surface area contributed by atoms with Crippen molar-refractivity contribution in [3.05, 3.63) is 35.4 Å². The van der Waals surface area contributed by atoms with Crippen LogP contribution < -0.4 is 5.73 Å². The topological polar surface area (TPSA) is 59.0 Å². The van der Waals surface area contributed by atoms with E-state index in [0.29, 0.717) is 25.3 Å². The molecule has 3 nitrogen and oxygen atoms in total. The summed E-state index contributed by atoms with van der Waals surface area (Å²) in [4.78, 5) is 0. The van der Waals surface area contributed by atoms with E-state index in [2.05, 4.69) is 6.07 Å². The Morgan fingerprint density at radius 2 is 2.29 bits per heavy atom. The Morgan fingerprint density at radius 1 is 1.43 bits per heavy atom. The molecule has 0 amide bonds. The van der Waals surface area contributed by atoms with E-state index in [-0.39, 0.29) is 0 Å². The highest BCUT2D eigenvalue weighted by Crippen LogP contribution is 2.05. The molecule has 0 radical (unpaired) electrons. The second-order valence-electron chi connectivity index (χ2n) is 3.01. The van der Waals surface area contributed by atoms with Gasteiger partial charge in [-0.25, -0.2) is 0 Å². The number of hydrogen-bond acceptors (Lipinski definition) is 3. The summed E-state index contributed by atoms with van der Waals surface area (Å²) in [6, 6.07) is 9.52. The lowest BCUT2D eigenvalue weighted by atomic mass is 10.1. The zero-order valence-electron chi connectivity index (χ0n) is 8.07. The van der Waals surface area contributed by atoms with Gasteiger partial charge in [-0.15, -0.1) is 0 Å². The molecule has 0 aliphatic heterocycles. The minimum atomic E-state index is 0.551. The van der Waals surface area contributed by atoms with Gasteiger partial charge in [0.15, 0.2) is 0 Å². The highest BCUT2D eigenvalue weighted by molar-refractivity contribution is 5.32. The molecule has 3 heteroatoms. The number of rotatable bonds is 5. The van der Waals surface area contributed by atoms with E-state index in [1.165, 1.54) is 0 Å². The molecule has 0 aliphatic carbocycles. The zero-order valence-corrected chi connectivity index (χ0v) is 8.07. The summed E-state index contributed by atoms with van der Waals surface area (Å²) in [5.41, 5.74) is 7.03. The van der Waals surface area contributed by atoms with Crippen molar-refractivity contribution >= 4 is 0 Å². The van der Waals surface area contributed by atoms with Crippen molar-refractivity contribution in [2.75, 3.05) is 13.2 Å². The van der Waals surface area contributed by atoms with Gasteiger partial charge in [-0.3, -0.25) is 0 Å². The second-order valence-corrected chi connectivity index (χ2v) is 3.01. The molecular weight excluding hydrogens is 176 g/mol. The maximum atomic E-state index is 8.66. The van der Waals surface area contributed by atoms with Gasteiger partial charge in [0.25, 0.3) is 0 Å². The molecule has 0 bridgehead atoms. The second kappa shape index (κ2) is 6.14. The number of ether oxygens (including phenoxy) is 1. The largest absolute Gasteiger partial charge is 0.377 e. The van der Waals surface area contributed by atoms with Crippen molar-refractivity contribution in [3.8, 4) is 6.07 Å². The van der Waals surface area contributed by atoms with Crippen LogP contribution in [0.3, 0.4) is 0 Å². The van der Waals surface area contributed by atoms with Gasteiger partial charge >= 0.3 is 0 Å². The first-order valence-corrected chi connectivity index (χ1v) is 4.63. The lowest BCUT2D eigenvalue weighted by molar-refractivity contribution is 0.120. The number of hydrogen-bond donors (Lipinski definition) is 1. The fourth-order valence-electron chi connectivity index (χ4n) is 1.11. The normalized spacial score (nSPS) is 9.71. The van der Waals surface area contributed by atoms with E-state index in [9.17, 15) is 0 Å². The molecule has 14 heavy (non-hydrogen) atoms. The van der Waals surface area contributed by atoms with Crippen molar-refractivity contribution in [2.45, 2.75) is 13.0 Å². The SMILES string of the molecule is N#Cc1cccc(COCCCN)c1. The van der Waals surface area contributed by atoms with Crippen LogP contribution in [0.4, 0.5) is 0 Å². The molecule has 1 rings (SSSR count). The van der Waals surface area contributed by atoms with E-state index < -0.39 is 0 Å². The molecule has 74 valence electrons. The van der Waals surface area contributed by atoms with Crippen molar-refractivity contribution in [3.63, 3.8) is 0 Å². The van der Waals surface area contributed by atoms with Crippen LogP contribution in [-0.2, 0) is 11.3 Å². The molecular formula is C11H14N2O. The summed E-state index contributed by atoms with van der Waals surface area (Å²) in [5, 5.41) is 8.66. The Morgan fingerprint density at radius 3 is 3.00 bits per heavy atom. The average Bonchev–Trinajstić information content (AvgIpc) is 2.25. The van der Waals surface area contributed by atoms with Gasteiger partial charge < -0.3 is 10.5 Å². The first-order valence-electron chi connectivity index (χ1n) is 4.63. The summed E-state index contributed by atoms with van der Waals surface area (Å²) in [7, 11) is 0. The third-order valence-electron chi connectivity index (χ3n) is 1.82. The standard InChI is InChI=1S/C11H14N2O/c12-5-2-6-14-9-11-4-1-3-10(7-11)8-13/h1,3-4,7H,2,5-6,9,12H2. The number of nitriles is 1. The van der Waals surface area contributed by atoms with Crippen molar-refractivity contribution in [2.24, 2.45) is 5.73 Å². The smallest absolute Gasteiger partial charge is 0.0991 e. The van der Waals surface area contributed by atoms with Crippen molar-refractivity contribution in [1.29, 1.82) is 5.26 Å². The van der Waals surface area contributed by atoms with E-state index in [1.54, 1.807) is 6.07 Å². The summed E-state index contributed by atoms with van der Waals surface area (Å²) in [6.45, 7) is 1.88. The van der Waals surface area contributed by atoms with E-state index in [1.807, 2.05) is 18.2 Å². The third kappa shape index (κ3) is 3.56. The van der Waals surface area contributed by atoms with E-state index in [0.717, 1.165) is 12.0 Å². The lowest BCUT2D eigenvalue weighted by Gasteiger charge is -2.03. The Kier molecular flexibility index (Phi) is 4.70. The minimum Gasteiger partial charge on any atom is -0.377 e. The molecule has 0 unspecified atom stereocenters. The van der Waals surface area contributed by atoms with Crippen LogP contribution in [0.2, 0.25) is 0 Å². The van der Waals surface area contributed by atoms with Gasteiger partial charge in [0, 0.05) is 6.61 Å². The fourth-order valence-corrected chi connectivity index (χ4v) is 1.11. The first kappa shape index (κ1) is 10.7. The van der Waals surface area contributed by atoms with E-state index >= 15 is 0 Å². The van der Waals surface area contributed by atoms with Crippen LogP contribution in [0, 0.1) is 11.3 Å². The maximum absolute atomic E-state index is 8.66. The maximum Gasteiger partial charge on any atom is 0.0991 e. The number of nitrogens with two attached hydrogens (primary N) is 1. The Bertz CT molecular complexity index is 317. The molecule has 0 fully saturated rings. The average molecular weight is 190 g/mol.